The van der Waals surface area contributed by atoms with Crippen LogP contribution < -0.4 is 42.5 Å². The Morgan fingerprint density at radius 2 is 0.892 bits per heavy atom. The summed E-state index contributed by atoms with van der Waals surface area (Å²) in [6.45, 7) is 0. The van der Waals surface area contributed by atoms with E-state index in [4.69, 9.17) is 0 Å². The van der Waals surface area contributed by atoms with Gasteiger partial charge in [0.25, 0.3) is 11.8 Å². The molecule has 1 heterocycles. The van der Waals surface area contributed by atoms with E-state index in [-0.39, 0.29) is 23.9 Å². The molecule has 0 radical (unpaired) electrons. The molecule has 0 spiro atoms. The number of nitrogens with one attached hydrogen (secondary N) is 2. The van der Waals surface area contributed by atoms with Gasteiger partial charge in [0.15, 0.2) is 0 Å². The zero-order chi connectivity index (χ0) is 45.1. The Hall–Kier alpha value is -5.48. The van der Waals surface area contributed by atoms with Gasteiger partial charge >= 0.3 is 29.2 Å². The predicted octanol–water partition coefficient (Wildman–Crippen LogP) is 9.30. The quantitative estimate of drug-likeness (QED) is 0.0729. The Morgan fingerprint density at radius 3 is 1.28 bits per heavy atom. The molecule has 330 valence electrons. The van der Waals surface area contributed by atoms with Crippen molar-refractivity contribution in [2.75, 3.05) is 0 Å². The number of hydrogen-bond acceptors (Lipinski definition) is 3. The number of pyridine rings is 1. The third kappa shape index (κ3) is 13.1. The zero-order valence-corrected chi connectivity index (χ0v) is 40.8. The van der Waals surface area contributed by atoms with Crippen LogP contribution in [0.2, 0.25) is 0 Å². The van der Waals surface area contributed by atoms with E-state index in [2.05, 4.69) is 146 Å². The summed E-state index contributed by atoms with van der Waals surface area (Å²) in [4.78, 5) is 32.8. The fourth-order valence-corrected chi connectivity index (χ4v) is 13.9. The molecule has 8 aromatic rings. The summed E-state index contributed by atoms with van der Waals surface area (Å²) in [6, 6.07) is 74.9. The van der Waals surface area contributed by atoms with Gasteiger partial charge in [-0.05, 0) is 104 Å². The van der Waals surface area contributed by atoms with E-state index in [0.717, 1.165) is 48.4 Å². The Morgan fingerprint density at radius 1 is 0.508 bits per heavy atom. The Balaban J connectivity index is 0.000000357. The maximum absolute atomic E-state index is 14.3. The standard InChI is InChI=1S/C44H40N2O2P2.C12H10N.Au.ClH/c47-43(37-27-13-17-31-41(37)49(33-19-5-1-6-20-33)34-21-7-2-8-22-34)45-39-29-15-16-30-40(39)46-44(48)38-28-14-18-32-42(38)50(35-23-9-3-10-24-35)36-25-11-4-12-26-36;1-2-6-11(7-3-1)10-12-8-4-5-9-13-12;;/h1-14,17-28,31-32,39-40H,15-16,29-30H2,(H,45,47)(H,46,48);1-6,8-9H,10H2;;1H/q;-1;+1;/p+1/t39-,40-;;;/m1.../s1. The number of halogens is 1. The number of carbonyl (C=O) groups excluding carboxylic acids is 2. The first-order valence-electron chi connectivity index (χ1n) is 21.9. The van der Waals surface area contributed by atoms with Gasteiger partial charge < -0.3 is 10.6 Å². The molecule has 9 heteroatoms. The van der Waals surface area contributed by atoms with Crippen molar-refractivity contribution in [2.45, 2.75) is 44.2 Å². The van der Waals surface area contributed by atoms with Gasteiger partial charge in [-0.2, -0.15) is 35.9 Å². The molecule has 65 heavy (non-hydrogen) atoms. The molecule has 2 atom stereocenters. The molecule has 1 saturated carbocycles. The summed E-state index contributed by atoms with van der Waals surface area (Å²) >= 11 is 1.75. The van der Waals surface area contributed by atoms with Crippen LogP contribution in [0.1, 0.15) is 57.7 Å². The molecule has 0 bridgehead atoms. The molecule has 1 aliphatic rings. The minimum absolute atomic E-state index is 0.0832. The Labute approximate surface area is 402 Å². The molecular formula is C56H52AuClN3O2P2+. The fraction of sp³-hybridized carbons (Fsp3) is 0.125. The van der Waals surface area contributed by atoms with E-state index in [9.17, 15) is 9.59 Å². The van der Waals surface area contributed by atoms with Crippen LogP contribution in [0.3, 0.4) is 0 Å². The molecule has 1 fully saturated rings. The summed E-state index contributed by atoms with van der Waals surface area (Å²) < 4.78 is 0. The van der Waals surface area contributed by atoms with Crippen molar-refractivity contribution in [3.05, 3.63) is 247 Å². The van der Waals surface area contributed by atoms with Crippen molar-refractivity contribution >= 4 is 68.7 Å². The maximum atomic E-state index is 14.3. The van der Waals surface area contributed by atoms with E-state index < -0.39 is 15.8 Å². The number of nitrogens with zero attached hydrogens (tertiary/aromatic N) is 1. The summed E-state index contributed by atoms with van der Waals surface area (Å²) in [6.07, 6.45) is 6.33. The molecule has 0 aliphatic heterocycles. The first-order valence-corrected chi connectivity index (χ1v) is 27.5. The summed E-state index contributed by atoms with van der Waals surface area (Å²) in [5, 5.41) is 13.9. The molecule has 0 saturated heterocycles. The second kappa shape index (κ2) is 25.3. The minimum atomic E-state index is -1.45. The average molecular weight is 1090 g/mol. The molecular weight excluding hydrogens is 1040 g/mol. The van der Waals surface area contributed by atoms with Crippen LogP contribution in [0.15, 0.2) is 219 Å². The van der Waals surface area contributed by atoms with Crippen molar-refractivity contribution in [1.82, 2.24) is 15.6 Å². The first-order chi connectivity index (χ1) is 32.1. The second-order valence-corrected chi connectivity index (χ2v) is 20.5. The third-order valence-electron chi connectivity index (χ3n) is 11.4. The number of aromatic nitrogens is 1. The number of benzene rings is 7. The van der Waals surface area contributed by atoms with Gasteiger partial charge in [0.05, 0.1) is 27.0 Å². The van der Waals surface area contributed by atoms with E-state index >= 15 is 0 Å². The van der Waals surface area contributed by atoms with Crippen molar-refractivity contribution in [3.63, 3.8) is 0 Å². The van der Waals surface area contributed by atoms with Crippen LogP contribution in [-0.4, -0.2) is 28.9 Å². The molecule has 0 unspecified atom stereocenters. The monoisotopic (exact) mass is 1090 g/mol. The number of carbonyl (C=O) groups is 2. The van der Waals surface area contributed by atoms with Crippen molar-refractivity contribution in [3.8, 4) is 0 Å². The van der Waals surface area contributed by atoms with Crippen LogP contribution in [-0.2, 0) is 26.4 Å². The van der Waals surface area contributed by atoms with Crippen LogP contribution in [0.5, 0.6) is 0 Å². The van der Waals surface area contributed by atoms with Crippen LogP contribution in [0.25, 0.3) is 0 Å². The molecule has 5 nitrogen and oxygen atoms in total. The average Bonchev–Trinajstić information content (AvgIpc) is 3.38. The van der Waals surface area contributed by atoms with Gasteiger partial charge in [0.1, 0.15) is 31.8 Å². The normalized spacial score (nSPS) is 14.2. The smallest absolute Gasteiger partial charge is 0.0426 e. The maximum Gasteiger partial charge on any atom is 0.0426 e. The van der Waals surface area contributed by atoms with Crippen molar-refractivity contribution < 1.29 is 29.6 Å². The van der Waals surface area contributed by atoms with Crippen molar-refractivity contribution in [2.24, 2.45) is 0 Å². The molecule has 1 aromatic heterocycles. The van der Waals surface area contributed by atoms with Gasteiger partial charge in [-0.15, -0.1) is 0 Å². The number of hydrogen-bond donors (Lipinski definition) is 2. The summed E-state index contributed by atoms with van der Waals surface area (Å²) in [7, 11) is 1.69. The SMILES string of the molecule is O=C(N[C@@H]1CCCC[C@H]1NC(=O)c1ccccc1[PH+](c1ccccc1)c1ccccc1)c1ccccc1[PH+](c1ccccc1)c1ccccc1.[Cl][Au].[c-]1ccccc1Cc1ccccn1. The van der Waals surface area contributed by atoms with Crippen LogP contribution >= 0.6 is 25.0 Å². The van der Waals surface area contributed by atoms with Gasteiger partial charge in [-0.3, -0.25) is 14.6 Å². The molecule has 9 rings (SSSR count). The van der Waals surface area contributed by atoms with Gasteiger partial charge in [-0.1, -0.05) is 116 Å². The van der Waals surface area contributed by atoms with Crippen LogP contribution in [0.4, 0.5) is 0 Å². The van der Waals surface area contributed by atoms with E-state index in [1.165, 1.54) is 26.8 Å². The van der Waals surface area contributed by atoms with Crippen molar-refractivity contribution in [1.29, 1.82) is 0 Å². The molecule has 7 aromatic carbocycles. The number of rotatable bonds is 12. The Bertz CT molecular complexity index is 2400. The van der Waals surface area contributed by atoms with Gasteiger partial charge in [-0.25, -0.2) is 0 Å². The predicted molar refractivity (Wildman–Crippen MR) is 272 cm³/mol. The first kappa shape index (κ1) is 47.5. The third-order valence-corrected chi connectivity index (χ3v) is 17.0. The van der Waals surface area contributed by atoms with Gasteiger partial charge in [0, 0.05) is 24.0 Å². The molecule has 1 aliphatic carbocycles. The summed E-state index contributed by atoms with van der Waals surface area (Å²) in [5.74, 6) is -0.166. The number of amides is 2. The Kier molecular flexibility index (Phi) is 18.5. The second-order valence-electron chi connectivity index (χ2n) is 15.6. The minimum Gasteiger partial charge on any atom is -0.261 e. The van der Waals surface area contributed by atoms with E-state index in [1.54, 1.807) is 20.0 Å². The zero-order valence-electron chi connectivity index (χ0n) is 35.9. The molecule has 2 amide bonds. The van der Waals surface area contributed by atoms with E-state index in [1.807, 2.05) is 103 Å². The van der Waals surface area contributed by atoms with E-state index in [0.29, 0.717) is 11.1 Å². The molecule has 2 N–H and O–H groups in total. The fourth-order valence-electron chi connectivity index (χ4n) is 8.38. The summed E-state index contributed by atoms with van der Waals surface area (Å²) in [5.41, 5.74) is 3.67. The topological polar surface area (TPSA) is 71.1 Å². The largest absolute Gasteiger partial charge is 0.261 e. The van der Waals surface area contributed by atoms with Crippen LogP contribution in [0, 0.1) is 6.07 Å². The van der Waals surface area contributed by atoms with Gasteiger partial charge in [0.2, 0.25) is 0 Å².